The SMILES string of the molecule is Cc1cccc(N2CSC3=C(C#N)C(c4ccc(Cl)cc4)CC(=O)N3C2)c1. The van der Waals surface area contributed by atoms with E-state index in [-0.39, 0.29) is 11.8 Å². The molecule has 27 heavy (non-hydrogen) atoms. The van der Waals surface area contributed by atoms with Gasteiger partial charge in [0.15, 0.2) is 0 Å². The second-order valence-electron chi connectivity index (χ2n) is 6.75. The average Bonchev–Trinajstić information content (AvgIpc) is 2.68. The molecule has 2 heterocycles. The van der Waals surface area contributed by atoms with Crippen LogP contribution in [0.2, 0.25) is 5.02 Å². The van der Waals surface area contributed by atoms with Gasteiger partial charge in [-0.05, 0) is 42.3 Å². The maximum Gasteiger partial charge on any atom is 0.229 e. The van der Waals surface area contributed by atoms with E-state index in [9.17, 15) is 10.1 Å². The van der Waals surface area contributed by atoms with Crippen LogP contribution < -0.4 is 4.90 Å². The first-order valence-electron chi connectivity index (χ1n) is 8.71. The molecule has 0 spiro atoms. The maximum atomic E-state index is 12.9. The number of halogens is 1. The van der Waals surface area contributed by atoms with E-state index in [1.165, 1.54) is 5.56 Å². The minimum Gasteiger partial charge on any atom is -0.344 e. The molecule has 2 aromatic carbocycles. The molecule has 0 saturated carbocycles. The van der Waals surface area contributed by atoms with Crippen molar-refractivity contribution in [1.82, 2.24) is 4.90 Å². The summed E-state index contributed by atoms with van der Waals surface area (Å²) in [6, 6.07) is 18.0. The Bertz CT molecular complexity index is 964. The fraction of sp³-hybridized carbons (Fsp3) is 0.238. The summed E-state index contributed by atoms with van der Waals surface area (Å²) in [5.41, 5.74) is 3.90. The number of benzene rings is 2. The lowest BCUT2D eigenvalue weighted by molar-refractivity contribution is -0.129. The molecule has 1 atom stereocenters. The van der Waals surface area contributed by atoms with Gasteiger partial charge in [-0.15, -0.1) is 0 Å². The molecule has 0 radical (unpaired) electrons. The van der Waals surface area contributed by atoms with Gasteiger partial charge in [-0.1, -0.05) is 47.6 Å². The Kier molecular flexibility index (Phi) is 4.86. The Morgan fingerprint density at radius 3 is 2.70 bits per heavy atom. The summed E-state index contributed by atoms with van der Waals surface area (Å²) in [5.74, 6) is 0.555. The van der Waals surface area contributed by atoms with Gasteiger partial charge in [0.2, 0.25) is 5.91 Å². The van der Waals surface area contributed by atoms with Crippen molar-refractivity contribution in [2.45, 2.75) is 19.3 Å². The first-order chi connectivity index (χ1) is 13.1. The fourth-order valence-corrected chi connectivity index (χ4v) is 4.82. The fourth-order valence-electron chi connectivity index (χ4n) is 3.53. The van der Waals surface area contributed by atoms with Crippen LogP contribution in [0.3, 0.4) is 0 Å². The van der Waals surface area contributed by atoms with Gasteiger partial charge in [0.1, 0.15) is 0 Å². The molecule has 2 aliphatic rings. The zero-order valence-corrected chi connectivity index (χ0v) is 16.4. The number of carbonyl (C=O) groups excluding carboxylic acids is 1. The van der Waals surface area contributed by atoms with Crippen LogP contribution in [0.1, 0.15) is 23.5 Å². The maximum absolute atomic E-state index is 12.9. The van der Waals surface area contributed by atoms with Crippen molar-refractivity contribution in [2.24, 2.45) is 0 Å². The molecule has 2 aliphatic heterocycles. The molecular formula is C21H18ClN3OS. The Labute approximate surface area is 168 Å². The standard InChI is InChI=1S/C21H18ClN3OS/c1-14-3-2-4-17(9-14)24-12-25-20(26)10-18(15-5-7-16(22)8-6-15)19(11-23)21(25)27-13-24/h2-9,18H,10,12-13H2,1H3. The van der Waals surface area contributed by atoms with E-state index in [0.717, 1.165) is 16.3 Å². The lowest BCUT2D eigenvalue weighted by Crippen LogP contribution is -2.47. The van der Waals surface area contributed by atoms with Crippen molar-refractivity contribution >= 4 is 35.0 Å². The third-order valence-corrected chi connectivity index (χ3v) is 6.34. The van der Waals surface area contributed by atoms with Gasteiger partial charge in [0.25, 0.3) is 0 Å². The topological polar surface area (TPSA) is 47.3 Å². The third kappa shape index (κ3) is 3.43. The number of allylic oxidation sites excluding steroid dienone is 1. The highest BCUT2D eigenvalue weighted by atomic mass is 35.5. The van der Waals surface area contributed by atoms with Crippen molar-refractivity contribution in [1.29, 1.82) is 5.26 Å². The van der Waals surface area contributed by atoms with Crippen molar-refractivity contribution < 1.29 is 4.79 Å². The molecule has 6 heteroatoms. The number of hydrogen-bond acceptors (Lipinski definition) is 4. The first kappa shape index (κ1) is 18.0. The Balaban J connectivity index is 1.66. The summed E-state index contributed by atoms with van der Waals surface area (Å²) in [6.45, 7) is 2.53. The molecular weight excluding hydrogens is 378 g/mol. The molecule has 1 fully saturated rings. The van der Waals surface area contributed by atoms with Crippen molar-refractivity contribution in [3.05, 3.63) is 75.3 Å². The van der Waals surface area contributed by atoms with Crippen molar-refractivity contribution in [3.63, 3.8) is 0 Å². The minimum atomic E-state index is -0.205. The molecule has 1 amide bonds. The lowest BCUT2D eigenvalue weighted by atomic mass is 9.86. The normalized spacial score (nSPS) is 19.7. The summed E-state index contributed by atoms with van der Waals surface area (Å²) in [6.07, 6.45) is 0.302. The number of thioether (sulfide) groups is 1. The lowest BCUT2D eigenvalue weighted by Gasteiger charge is -2.42. The monoisotopic (exact) mass is 395 g/mol. The number of nitriles is 1. The number of anilines is 1. The van der Waals surface area contributed by atoms with Gasteiger partial charge in [-0.3, -0.25) is 9.69 Å². The predicted molar refractivity (Wildman–Crippen MR) is 109 cm³/mol. The Morgan fingerprint density at radius 2 is 2.00 bits per heavy atom. The van der Waals surface area contributed by atoms with Crippen LogP contribution in [-0.2, 0) is 4.79 Å². The van der Waals surface area contributed by atoms with E-state index in [4.69, 9.17) is 11.6 Å². The molecule has 0 N–H and O–H groups in total. The quantitative estimate of drug-likeness (QED) is 0.727. The van der Waals surface area contributed by atoms with E-state index >= 15 is 0 Å². The van der Waals surface area contributed by atoms with E-state index < -0.39 is 0 Å². The summed E-state index contributed by atoms with van der Waals surface area (Å²) in [4.78, 5) is 16.8. The number of nitrogens with zero attached hydrogens (tertiary/aromatic N) is 3. The Hall–Kier alpha value is -2.42. The number of aryl methyl sites for hydroxylation is 1. The zero-order chi connectivity index (χ0) is 19.0. The van der Waals surface area contributed by atoms with Crippen LogP contribution in [0.15, 0.2) is 59.1 Å². The van der Waals surface area contributed by atoms with Crippen LogP contribution in [0.25, 0.3) is 0 Å². The van der Waals surface area contributed by atoms with E-state index in [1.807, 2.05) is 18.2 Å². The zero-order valence-electron chi connectivity index (χ0n) is 14.9. The van der Waals surface area contributed by atoms with Crippen LogP contribution in [-0.4, -0.2) is 23.4 Å². The summed E-state index contributed by atoms with van der Waals surface area (Å²) >= 11 is 7.54. The first-order valence-corrected chi connectivity index (χ1v) is 10.1. The van der Waals surface area contributed by atoms with Crippen LogP contribution in [0.4, 0.5) is 5.69 Å². The highest BCUT2D eigenvalue weighted by Gasteiger charge is 2.38. The molecule has 4 rings (SSSR count). The van der Waals surface area contributed by atoms with E-state index in [1.54, 1.807) is 28.8 Å². The average molecular weight is 396 g/mol. The van der Waals surface area contributed by atoms with Crippen LogP contribution in [0.5, 0.6) is 0 Å². The van der Waals surface area contributed by atoms with E-state index in [2.05, 4.69) is 36.1 Å². The van der Waals surface area contributed by atoms with Gasteiger partial charge in [-0.25, -0.2) is 0 Å². The van der Waals surface area contributed by atoms with Gasteiger partial charge in [0.05, 0.1) is 29.2 Å². The largest absolute Gasteiger partial charge is 0.344 e. The molecule has 0 aliphatic carbocycles. The van der Waals surface area contributed by atoms with Crippen LogP contribution in [0, 0.1) is 18.3 Å². The van der Waals surface area contributed by atoms with Gasteiger partial charge in [-0.2, -0.15) is 5.26 Å². The van der Waals surface area contributed by atoms with Crippen LogP contribution >= 0.6 is 23.4 Å². The summed E-state index contributed by atoms with van der Waals surface area (Å²) in [5, 5.41) is 11.3. The molecule has 2 aromatic rings. The molecule has 1 unspecified atom stereocenters. The second-order valence-corrected chi connectivity index (χ2v) is 8.12. The smallest absolute Gasteiger partial charge is 0.229 e. The van der Waals surface area contributed by atoms with E-state index in [0.29, 0.717) is 29.6 Å². The van der Waals surface area contributed by atoms with Crippen molar-refractivity contribution in [2.75, 3.05) is 17.4 Å². The number of carbonyl (C=O) groups is 1. The minimum absolute atomic E-state index is 0.0498. The van der Waals surface area contributed by atoms with Gasteiger partial charge in [0, 0.05) is 23.0 Å². The molecule has 136 valence electrons. The van der Waals surface area contributed by atoms with Crippen molar-refractivity contribution in [3.8, 4) is 6.07 Å². The number of fused-ring (bicyclic) bond motifs is 1. The summed E-state index contributed by atoms with van der Waals surface area (Å²) in [7, 11) is 0. The highest BCUT2D eigenvalue weighted by molar-refractivity contribution is 8.03. The van der Waals surface area contributed by atoms with Gasteiger partial charge < -0.3 is 4.90 Å². The Morgan fingerprint density at radius 1 is 1.22 bits per heavy atom. The number of hydrogen-bond donors (Lipinski definition) is 0. The highest BCUT2D eigenvalue weighted by Crippen LogP contribution is 2.43. The molecule has 0 aromatic heterocycles. The number of rotatable bonds is 2. The predicted octanol–water partition coefficient (Wildman–Crippen LogP) is 4.87. The number of amides is 1. The molecule has 1 saturated heterocycles. The second kappa shape index (κ2) is 7.30. The third-order valence-electron chi connectivity index (χ3n) is 4.93. The molecule has 0 bridgehead atoms. The summed E-state index contributed by atoms with van der Waals surface area (Å²) < 4.78 is 0. The van der Waals surface area contributed by atoms with Gasteiger partial charge >= 0.3 is 0 Å². The molecule has 4 nitrogen and oxygen atoms in total.